The Bertz CT molecular complexity index is 4270. The van der Waals surface area contributed by atoms with E-state index in [0.29, 0.717) is 33.2 Å². The average Bonchev–Trinajstić information content (AvgIpc) is 0.878. The van der Waals surface area contributed by atoms with Gasteiger partial charge in [0, 0.05) is 90.5 Å². The molecular formula is C71H85N13O26. The lowest BCUT2D eigenvalue weighted by atomic mass is 9.80. The number of fused-ring (bicyclic) bond motifs is 3. The molecule has 6 rings (SSSR count). The molecule has 0 bridgehead atoms. The first-order chi connectivity index (χ1) is 52.0. The lowest BCUT2D eigenvalue weighted by Crippen LogP contribution is -2.61. The second-order valence-electron chi connectivity index (χ2n) is 25.7. The summed E-state index contributed by atoms with van der Waals surface area (Å²) in [6, 6.07) is 3.86. The Hall–Kier alpha value is -13.4. The lowest BCUT2D eigenvalue weighted by Gasteiger charge is -2.30. The second-order valence-corrected chi connectivity index (χ2v) is 25.7. The van der Waals surface area contributed by atoms with Crippen LogP contribution in [-0.2, 0) is 78.3 Å². The van der Waals surface area contributed by atoms with Crippen LogP contribution in [0.3, 0.4) is 0 Å². The van der Waals surface area contributed by atoms with Crippen molar-refractivity contribution in [3.05, 3.63) is 119 Å². The molecule has 23 N–H and O–H groups in total. The fraction of sp³-hybridized carbons (Fsp3) is 0.394. The zero-order valence-corrected chi connectivity index (χ0v) is 59.2. The SMILES string of the molecule is CC[C@H](C)[C@H](NC(=O)[C@H](CCC(=O)O)NC(=O)[C@H](CC(=O)O)NC(=O)[C@H](CCC(=O)O)NC(=O)[C@H](CC(=O)O)NC(=O)[C@H](CCC(=O)O)NC(=O)[C@H](CCCNC(=N)N)NC(=O)c1ccccc1C1c2ccc(O)cc2Oc2cc(O)ccc21)C(=O)N[C@@H](CCC(=O)O)C(=O)N[C@@H](Cc1c[nH]c2ccccc12)C(=O)O. The second kappa shape index (κ2) is 40.4. The minimum atomic E-state index is -2.33. The maximum atomic E-state index is 14.6. The van der Waals surface area contributed by atoms with Gasteiger partial charge in [0.2, 0.25) is 47.3 Å². The van der Waals surface area contributed by atoms with Crippen LogP contribution in [0.25, 0.3) is 10.9 Å². The van der Waals surface area contributed by atoms with E-state index in [2.05, 4.69) is 47.5 Å². The predicted molar refractivity (Wildman–Crippen MR) is 381 cm³/mol. The summed E-state index contributed by atoms with van der Waals surface area (Å²) in [6.45, 7) is 2.92. The van der Waals surface area contributed by atoms with Crippen LogP contribution in [0.5, 0.6) is 23.0 Å². The third-order valence-electron chi connectivity index (χ3n) is 17.6. The van der Waals surface area contributed by atoms with Crippen LogP contribution < -0.4 is 63.6 Å². The molecule has 0 aliphatic carbocycles. The summed E-state index contributed by atoms with van der Waals surface area (Å²) in [4.78, 5) is 216. The van der Waals surface area contributed by atoms with E-state index in [0.717, 1.165) is 0 Å². The topological polar surface area (TPSA) is 650 Å². The number of carbonyl (C=O) groups excluding carboxylic acids is 9. The molecule has 1 aliphatic rings. The molecule has 0 saturated carbocycles. The molecule has 0 unspecified atom stereocenters. The van der Waals surface area contributed by atoms with Crippen molar-refractivity contribution in [3.63, 3.8) is 0 Å². The summed E-state index contributed by atoms with van der Waals surface area (Å²) in [7, 11) is 0. The van der Waals surface area contributed by atoms with Gasteiger partial charge < -0.3 is 115 Å². The number of benzene rings is 4. The molecule has 4 aromatic carbocycles. The van der Waals surface area contributed by atoms with Gasteiger partial charge in [0.1, 0.15) is 77.4 Å². The number of para-hydroxylation sites is 1. The van der Waals surface area contributed by atoms with Crippen molar-refractivity contribution in [1.82, 2.24) is 58.2 Å². The minimum absolute atomic E-state index is 0.0216. The number of carbonyl (C=O) groups is 16. The van der Waals surface area contributed by atoms with Gasteiger partial charge in [-0.15, -0.1) is 0 Å². The molecule has 39 heteroatoms. The number of aromatic amines is 1. The summed E-state index contributed by atoms with van der Waals surface area (Å²) in [6.07, 6.45) is -8.44. The highest BCUT2D eigenvalue weighted by atomic mass is 16.5. The third kappa shape index (κ3) is 25.4. The minimum Gasteiger partial charge on any atom is -0.508 e. The van der Waals surface area contributed by atoms with Gasteiger partial charge in [0.15, 0.2) is 5.96 Å². The molecule has 0 fully saturated rings. The Morgan fingerprint density at radius 2 is 0.873 bits per heavy atom. The normalized spacial score (nSPS) is 14.2. The Kier molecular flexibility index (Phi) is 31.4. The molecule has 0 spiro atoms. The van der Waals surface area contributed by atoms with Crippen LogP contribution in [0.15, 0.2) is 91.1 Å². The number of hydrogen-bond acceptors (Lipinski definition) is 20. The number of nitrogens with two attached hydrogens (primary N) is 1. The predicted octanol–water partition coefficient (Wildman–Crippen LogP) is -0.113. The van der Waals surface area contributed by atoms with E-state index in [9.17, 15) is 123 Å². The van der Waals surface area contributed by atoms with E-state index in [1.165, 1.54) is 49.5 Å². The monoisotopic (exact) mass is 1540 g/mol. The van der Waals surface area contributed by atoms with Gasteiger partial charge in [-0.1, -0.05) is 68.8 Å². The van der Waals surface area contributed by atoms with Gasteiger partial charge in [-0.25, -0.2) is 4.79 Å². The zero-order valence-electron chi connectivity index (χ0n) is 59.2. The molecule has 0 saturated heterocycles. The average molecular weight is 1540 g/mol. The van der Waals surface area contributed by atoms with Crippen molar-refractivity contribution < 1.29 is 127 Å². The van der Waals surface area contributed by atoms with Crippen LogP contribution in [0, 0.1) is 11.3 Å². The van der Waals surface area contributed by atoms with Crippen molar-refractivity contribution in [2.24, 2.45) is 11.7 Å². The van der Waals surface area contributed by atoms with Gasteiger partial charge in [-0.05, 0) is 79.8 Å². The first-order valence-electron chi connectivity index (χ1n) is 34.4. The maximum absolute atomic E-state index is 14.6. The zero-order chi connectivity index (χ0) is 81.2. The number of carboxylic acid groups (broad SMARTS) is 7. The number of ether oxygens (including phenoxy) is 1. The summed E-state index contributed by atoms with van der Waals surface area (Å²) in [5.74, 6) is -25.4. The number of aromatic hydroxyl groups is 2. The number of guanidine groups is 1. The first-order valence-corrected chi connectivity index (χ1v) is 34.4. The molecule has 10 atom stereocenters. The number of hydrogen-bond donors (Lipinski definition) is 22. The number of aliphatic carboxylic acids is 7. The van der Waals surface area contributed by atoms with Crippen molar-refractivity contribution in [1.29, 1.82) is 5.41 Å². The number of phenols is 2. The Balaban J connectivity index is 1.21. The number of aromatic nitrogens is 1. The molecule has 110 heavy (non-hydrogen) atoms. The van der Waals surface area contributed by atoms with Gasteiger partial charge >= 0.3 is 41.8 Å². The quantitative estimate of drug-likeness (QED) is 0.0135. The van der Waals surface area contributed by atoms with Gasteiger partial charge in [-0.3, -0.25) is 77.3 Å². The van der Waals surface area contributed by atoms with Crippen molar-refractivity contribution in [2.45, 2.75) is 164 Å². The lowest BCUT2D eigenvalue weighted by molar-refractivity contribution is -0.143. The summed E-state index contributed by atoms with van der Waals surface area (Å²) < 4.78 is 6.02. The van der Waals surface area contributed by atoms with Gasteiger partial charge in [0.25, 0.3) is 5.91 Å². The highest BCUT2D eigenvalue weighted by molar-refractivity contribution is 6.02. The van der Waals surface area contributed by atoms with E-state index in [4.69, 9.17) is 15.9 Å². The molecule has 1 aliphatic heterocycles. The first kappa shape index (κ1) is 85.5. The molecule has 2 heterocycles. The fourth-order valence-electron chi connectivity index (χ4n) is 11.8. The molecule has 1 aromatic heterocycles. The fourth-order valence-corrected chi connectivity index (χ4v) is 11.8. The summed E-state index contributed by atoms with van der Waals surface area (Å²) >= 11 is 0. The number of phenolic OH excluding ortho intramolecular Hbond substituents is 2. The van der Waals surface area contributed by atoms with E-state index < -0.39 is 231 Å². The molecule has 590 valence electrons. The Morgan fingerprint density at radius 1 is 0.473 bits per heavy atom. The van der Waals surface area contributed by atoms with Crippen molar-refractivity contribution >= 4 is 112 Å². The smallest absolute Gasteiger partial charge is 0.326 e. The number of nitrogens with one attached hydrogen (secondary N) is 12. The summed E-state index contributed by atoms with van der Waals surface area (Å²) in [5, 5.41) is 121. The number of amides is 9. The Labute approximate surface area is 624 Å². The standard InChI is InChI=1S/C71H85N13O26/c1-3-33(2)60(69(107)80-46(20-24-55(91)92)65(103)83-50(70(108)109)27-34-32-75-42-12-7-6-9-37(34)42)84-66(104)47(21-25-56(93)94)79-68(106)49(31-58(97)98)82-64(102)45(19-23-54(89)90)78-67(105)48(30-57(95)96)81-63(101)44(18-22-53(87)88)77-62(100)43(13-8-26-74-71(72)73)76-61(99)39-11-5-4-10-38(39)59-40-16-14-35(85)28-51(40)110-52-29-36(86)15-17-41(52)59/h4-7,9-12,14-17,28-29,32-33,43-50,59-60,75,85-86H,3,8,13,18-27,30-31H2,1-2H3,(H,76,99)(H,77,100)(H,78,105)(H,79,106)(H,80,107)(H,81,101)(H,82,102)(H,83,103)(H,84,104)(H,87,88)(H,89,90)(H,91,92)(H,93,94)(H,95,96)(H,97,98)(H,108,109)(H4,72,73,74)/t33-,43-,44-,45-,46-,47-,48-,49-,50-,60-/m0/s1. The number of rotatable bonds is 44. The van der Waals surface area contributed by atoms with Crippen LogP contribution in [0.4, 0.5) is 0 Å². The summed E-state index contributed by atoms with van der Waals surface area (Å²) in [5.41, 5.74) is 7.82. The molecule has 0 radical (unpaired) electrons. The maximum Gasteiger partial charge on any atom is 0.326 e. The van der Waals surface area contributed by atoms with Gasteiger partial charge in [-0.2, -0.15) is 0 Å². The molecular weight excluding hydrogens is 1450 g/mol. The van der Waals surface area contributed by atoms with Crippen LogP contribution >= 0.6 is 0 Å². The molecule has 39 nitrogen and oxygen atoms in total. The van der Waals surface area contributed by atoms with Crippen molar-refractivity contribution in [2.75, 3.05) is 6.54 Å². The largest absolute Gasteiger partial charge is 0.508 e. The highest BCUT2D eigenvalue weighted by Crippen LogP contribution is 2.50. The third-order valence-corrected chi connectivity index (χ3v) is 17.6. The van der Waals surface area contributed by atoms with Crippen LogP contribution in [0.2, 0.25) is 0 Å². The number of H-pyrrole nitrogens is 1. The van der Waals surface area contributed by atoms with E-state index in [-0.39, 0.29) is 60.8 Å². The Morgan fingerprint density at radius 3 is 1.31 bits per heavy atom. The van der Waals surface area contributed by atoms with Gasteiger partial charge in [0.05, 0.1) is 12.8 Å². The van der Waals surface area contributed by atoms with E-state index in [1.54, 1.807) is 55.5 Å². The van der Waals surface area contributed by atoms with E-state index in [1.807, 2.05) is 10.6 Å². The van der Waals surface area contributed by atoms with Crippen LogP contribution in [-0.4, -0.2) is 213 Å². The highest BCUT2D eigenvalue weighted by Gasteiger charge is 2.40. The number of carboxylic acids is 7. The molecule has 9 amide bonds. The molecule has 5 aromatic rings. The van der Waals surface area contributed by atoms with Crippen LogP contribution in [0.1, 0.15) is 136 Å². The van der Waals surface area contributed by atoms with E-state index >= 15 is 0 Å². The van der Waals surface area contributed by atoms with Crippen molar-refractivity contribution in [3.8, 4) is 23.0 Å².